The molecular formula is C19H30N2O2S. The zero-order valence-electron chi connectivity index (χ0n) is 15.3. The zero-order valence-corrected chi connectivity index (χ0v) is 16.1. The molecule has 4 nitrogen and oxygen atoms in total. The number of rotatable bonds is 3. The number of benzene rings is 1. The molecule has 0 aromatic heterocycles. The summed E-state index contributed by atoms with van der Waals surface area (Å²) in [4.78, 5) is 2.53. The molecule has 1 fully saturated rings. The average Bonchev–Trinajstić information content (AvgIpc) is 2.51. The summed E-state index contributed by atoms with van der Waals surface area (Å²) in [7, 11) is -1.44. The highest BCUT2D eigenvalue weighted by Gasteiger charge is 2.38. The predicted molar refractivity (Wildman–Crippen MR) is 98.5 cm³/mol. The van der Waals surface area contributed by atoms with Crippen molar-refractivity contribution in [2.24, 2.45) is 5.41 Å². The topological polar surface area (TPSA) is 40.6 Å². The lowest BCUT2D eigenvalue weighted by Crippen LogP contribution is -2.49. The highest BCUT2D eigenvalue weighted by molar-refractivity contribution is 7.89. The highest BCUT2D eigenvalue weighted by atomic mass is 32.2. The first kappa shape index (κ1) is 17.9. The molecule has 0 unspecified atom stereocenters. The van der Waals surface area contributed by atoms with E-state index < -0.39 is 10.0 Å². The molecule has 0 bridgehead atoms. The molecule has 2 heterocycles. The van der Waals surface area contributed by atoms with Crippen LogP contribution in [0.5, 0.6) is 0 Å². The van der Waals surface area contributed by atoms with E-state index in [1.54, 1.807) is 11.4 Å². The standard InChI is InChI=1S/C19H30N2O2S/c1-19(2,3)14-24(22,23)20(4)16-10-12-21-11-9-15-7-5-6-8-17(15)18(21)13-16/h5-8,16,18H,9-14H2,1-4H3/t16-,18+/m1/s1. The van der Waals surface area contributed by atoms with E-state index in [0.717, 1.165) is 32.4 Å². The lowest BCUT2D eigenvalue weighted by atomic mass is 9.85. The van der Waals surface area contributed by atoms with Crippen molar-refractivity contribution in [3.05, 3.63) is 35.4 Å². The smallest absolute Gasteiger partial charge is 0.214 e. The molecule has 2 aliphatic heterocycles. The van der Waals surface area contributed by atoms with Crippen LogP contribution in [0.3, 0.4) is 0 Å². The minimum Gasteiger partial charge on any atom is -0.296 e. The second-order valence-corrected chi connectivity index (χ2v) is 10.5. The number of piperidine rings is 1. The lowest BCUT2D eigenvalue weighted by molar-refractivity contribution is 0.0967. The van der Waals surface area contributed by atoms with Gasteiger partial charge in [-0.1, -0.05) is 45.0 Å². The normalized spacial score (nSPS) is 25.4. The van der Waals surface area contributed by atoms with E-state index in [9.17, 15) is 8.42 Å². The maximum absolute atomic E-state index is 12.8. The van der Waals surface area contributed by atoms with Gasteiger partial charge in [0.15, 0.2) is 0 Å². The van der Waals surface area contributed by atoms with Crippen molar-refractivity contribution in [3.63, 3.8) is 0 Å². The van der Waals surface area contributed by atoms with Gasteiger partial charge in [0, 0.05) is 32.2 Å². The molecule has 0 aliphatic carbocycles. The summed E-state index contributed by atoms with van der Waals surface area (Å²) in [5, 5.41) is 0. The maximum atomic E-state index is 12.8. The molecule has 3 rings (SSSR count). The molecule has 1 aromatic rings. The Morgan fingerprint density at radius 1 is 1.21 bits per heavy atom. The van der Waals surface area contributed by atoms with Crippen LogP contribution in [0, 0.1) is 5.41 Å². The van der Waals surface area contributed by atoms with Gasteiger partial charge in [-0.3, -0.25) is 4.90 Å². The van der Waals surface area contributed by atoms with Gasteiger partial charge in [-0.2, -0.15) is 0 Å². The minimum absolute atomic E-state index is 0.102. The maximum Gasteiger partial charge on any atom is 0.214 e. The van der Waals surface area contributed by atoms with E-state index in [1.807, 2.05) is 20.8 Å². The van der Waals surface area contributed by atoms with Gasteiger partial charge in [0.2, 0.25) is 10.0 Å². The van der Waals surface area contributed by atoms with Crippen molar-refractivity contribution in [1.82, 2.24) is 9.21 Å². The van der Waals surface area contributed by atoms with Crippen molar-refractivity contribution < 1.29 is 8.42 Å². The van der Waals surface area contributed by atoms with Gasteiger partial charge in [0.1, 0.15) is 0 Å². The van der Waals surface area contributed by atoms with E-state index in [-0.39, 0.29) is 17.2 Å². The van der Waals surface area contributed by atoms with Crippen LogP contribution in [0.1, 0.15) is 50.8 Å². The monoisotopic (exact) mass is 350 g/mol. The molecule has 0 N–H and O–H groups in total. The van der Waals surface area contributed by atoms with E-state index in [0.29, 0.717) is 6.04 Å². The van der Waals surface area contributed by atoms with Gasteiger partial charge in [0.25, 0.3) is 0 Å². The third kappa shape index (κ3) is 3.68. The Hall–Kier alpha value is -0.910. The summed E-state index contributed by atoms with van der Waals surface area (Å²) in [6.45, 7) is 8.03. The fourth-order valence-corrected chi connectivity index (χ4v) is 6.09. The first-order valence-corrected chi connectivity index (χ1v) is 10.6. The van der Waals surface area contributed by atoms with E-state index in [1.165, 1.54) is 11.1 Å². The number of hydrogen-bond acceptors (Lipinski definition) is 3. The summed E-state index contributed by atoms with van der Waals surface area (Å²) in [6, 6.07) is 9.11. The van der Waals surface area contributed by atoms with Crippen LogP contribution in [0.4, 0.5) is 0 Å². The Labute approximate surface area is 146 Å². The van der Waals surface area contributed by atoms with Crippen LogP contribution in [-0.4, -0.2) is 49.6 Å². The van der Waals surface area contributed by atoms with Crippen LogP contribution in [0.15, 0.2) is 24.3 Å². The third-order valence-electron chi connectivity index (χ3n) is 5.34. The van der Waals surface area contributed by atoms with E-state index in [4.69, 9.17) is 0 Å². The molecular weight excluding hydrogens is 320 g/mol. The van der Waals surface area contributed by atoms with Crippen molar-refractivity contribution >= 4 is 10.0 Å². The molecule has 5 heteroatoms. The van der Waals surface area contributed by atoms with Gasteiger partial charge in [-0.15, -0.1) is 0 Å². The third-order valence-corrected chi connectivity index (χ3v) is 7.74. The minimum atomic E-state index is -3.22. The Kier molecular flexibility index (Phi) is 4.80. The SMILES string of the molecule is CN([C@@H]1CCN2CCc3ccccc3[C@@H]2C1)S(=O)(=O)CC(C)(C)C. The van der Waals surface area contributed by atoms with E-state index in [2.05, 4.69) is 29.2 Å². The highest BCUT2D eigenvalue weighted by Crippen LogP contribution is 2.38. The Balaban J connectivity index is 1.79. The molecule has 1 aromatic carbocycles. The summed E-state index contributed by atoms with van der Waals surface area (Å²) in [5.74, 6) is 0.206. The van der Waals surface area contributed by atoms with Crippen LogP contribution in [0.2, 0.25) is 0 Å². The number of fused-ring (bicyclic) bond motifs is 3. The molecule has 2 atom stereocenters. The molecule has 2 aliphatic rings. The van der Waals surface area contributed by atoms with E-state index >= 15 is 0 Å². The molecule has 0 amide bonds. The predicted octanol–water partition coefficient (Wildman–Crippen LogP) is 3.06. The molecule has 134 valence electrons. The van der Waals surface area contributed by atoms with Crippen molar-refractivity contribution in [2.45, 2.75) is 52.1 Å². The molecule has 1 saturated heterocycles. The molecule has 24 heavy (non-hydrogen) atoms. The molecule has 0 saturated carbocycles. The fraction of sp³-hybridized carbons (Fsp3) is 0.684. The van der Waals surface area contributed by atoms with Gasteiger partial charge in [-0.05, 0) is 35.8 Å². The molecule has 0 spiro atoms. The second-order valence-electron chi connectivity index (χ2n) is 8.51. The summed E-state index contributed by atoms with van der Waals surface area (Å²) in [6.07, 6.45) is 2.94. The quantitative estimate of drug-likeness (QED) is 0.841. The number of sulfonamides is 1. The van der Waals surface area contributed by atoms with Gasteiger partial charge < -0.3 is 0 Å². The Morgan fingerprint density at radius 2 is 1.92 bits per heavy atom. The first-order chi connectivity index (χ1) is 11.2. The fourth-order valence-electron chi connectivity index (χ4n) is 4.14. The van der Waals surface area contributed by atoms with Crippen LogP contribution in [0.25, 0.3) is 0 Å². The lowest BCUT2D eigenvalue weighted by Gasteiger charge is -2.45. The van der Waals surface area contributed by atoms with Gasteiger partial charge in [0.05, 0.1) is 5.75 Å². The van der Waals surface area contributed by atoms with Crippen LogP contribution < -0.4 is 0 Å². The van der Waals surface area contributed by atoms with Gasteiger partial charge in [-0.25, -0.2) is 12.7 Å². The largest absolute Gasteiger partial charge is 0.296 e. The summed E-state index contributed by atoms with van der Waals surface area (Å²) >= 11 is 0. The summed E-state index contributed by atoms with van der Waals surface area (Å²) in [5.41, 5.74) is 2.61. The Morgan fingerprint density at radius 3 is 2.62 bits per heavy atom. The average molecular weight is 351 g/mol. The van der Waals surface area contributed by atoms with Crippen molar-refractivity contribution in [3.8, 4) is 0 Å². The van der Waals surface area contributed by atoms with Crippen LogP contribution >= 0.6 is 0 Å². The van der Waals surface area contributed by atoms with Crippen molar-refractivity contribution in [1.29, 1.82) is 0 Å². The van der Waals surface area contributed by atoms with Crippen LogP contribution in [-0.2, 0) is 16.4 Å². The molecule has 0 radical (unpaired) electrons. The zero-order chi connectivity index (χ0) is 17.5. The Bertz CT molecular complexity index is 694. The van der Waals surface area contributed by atoms with Crippen molar-refractivity contribution in [2.75, 3.05) is 25.9 Å². The summed E-state index contributed by atoms with van der Waals surface area (Å²) < 4.78 is 27.2. The number of nitrogens with zero attached hydrogens (tertiary/aromatic N) is 2. The second kappa shape index (κ2) is 6.43. The first-order valence-electron chi connectivity index (χ1n) is 8.95. The number of hydrogen-bond donors (Lipinski definition) is 0. The van der Waals surface area contributed by atoms with Gasteiger partial charge >= 0.3 is 0 Å².